The molecule has 1 aliphatic rings. The summed E-state index contributed by atoms with van der Waals surface area (Å²) in [6.45, 7) is 0. The lowest BCUT2D eigenvalue weighted by Crippen LogP contribution is -2.46. The van der Waals surface area contributed by atoms with Gasteiger partial charge in [0.05, 0.1) is 7.11 Å². The Hall–Kier alpha value is -1.75. The van der Waals surface area contributed by atoms with Gasteiger partial charge in [-0.1, -0.05) is 6.07 Å². The number of hydrogen-bond donors (Lipinski definition) is 1. The van der Waals surface area contributed by atoms with Gasteiger partial charge in [-0.2, -0.15) is 0 Å². The normalized spacial score (nSPS) is 24.4. The van der Waals surface area contributed by atoms with Crippen LogP contribution in [0, 0.1) is 0 Å². The molecular formula is C12H14N2O3. The van der Waals surface area contributed by atoms with Gasteiger partial charge in [0.25, 0.3) is 0 Å². The fourth-order valence-electron chi connectivity index (χ4n) is 1.99. The Balaban J connectivity index is 2.14. The summed E-state index contributed by atoms with van der Waals surface area (Å²) >= 11 is 0. The standard InChI is InChI=1S/C12H14N2O3/c1-17-12(16)11-6-9(15)5-10(14-11)8-3-2-4-13-7-8/h2-4,7,10-11,14H,5-6H2,1H3/t10-,11+/m1/s1. The minimum Gasteiger partial charge on any atom is -0.468 e. The molecule has 0 amide bonds. The van der Waals surface area contributed by atoms with Crippen molar-refractivity contribution in [1.82, 2.24) is 10.3 Å². The van der Waals surface area contributed by atoms with Gasteiger partial charge >= 0.3 is 5.97 Å². The summed E-state index contributed by atoms with van der Waals surface area (Å²) in [5.41, 5.74) is 0.912. The number of methoxy groups -OCH3 is 1. The highest BCUT2D eigenvalue weighted by Gasteiger charge is 2.32. The Morgan fingerprint density at radius 1 is 1.53 bits per heavy atom. The van der Waals surface area contributed by atoms with Crippen LogP contribution in [0.25, 0.3) is 0 Å². The molecule has 1 aliphatic heterocycles. The summed E-state index contributed by atoms with van der Waals surface area (Å²) in [7, 11) is 1.32. The Kier molecular flexibility index (Phi) is 3.49. The Labute approximate surface area is 99.2 Å². The first-order valence-electron chi connectivity index (χ1n) is 5.46. The zero-order valence-electron chi connectivity index (χ0n) is 9.55. The molecule has 1 fully saturated rings. The summed E-state index contributed by atoms with van der Waals surface area (Å²) in [6.07, 6.45) is 3.96. The number of ether oxygens (including phenoxy) is 1. The van der Waals surface area contributed by atoms with Crippen molar-refractivity contribution in [1.29, 1.82) is 0 Å². The second-order valence-corrected chi connectivity index (χ2v) is 4.03. The first-order chi connectivity index (χ1) is 8.20. The maximum atomic E-state index is 11.6. The molecule has 0 bridgehead atoms. The van der Waals surface area contributed by atoms with Crippen LogP contribution in [-0.4, -0.2) is 29.9 Å². The summed E-state index contributed by atoms with van der Waals surface area (Å²) in [4.78, 5) is 27.1. The highest BCUT2D eigenvalue weighted by molar-refractivity contribution is 5.88. The van der Waals surface area contributed by atoms with E-state index in [0.717, 1.165) is 5.56 Å². The van der Waals surface area contributed by atoms with Gasteiger partial charge in [-0.25, -0.2) is 0 Å². The van der Waals surface area contributed by atoms with E-state index < -0.39 is 12.0 Å². The molecule has 1 aromatic heterocycles. The molecule has 0 aliphatic carbocycles. The molecule has 0 spiro atoms. The van der Waals surface area contributed by atoms with Crippen molar-refractivity contribution >= 4 is 11.8 Å². The van der Waals surface area contributed by atoms with E-state index >= 15 is 0 Å². The van der Waals surface area contributed by atoms with Crippen LogP contribution in [0.3, 0.4) is 0 Å². The molecule has 0 radical (unpaired) electrons. The van der Waals surface area contributed by atoms with E-state index in [2.05, 4.69) is 15.0 Å². The summed E-state index contributed by atoms with van der Waals surface area (Å²) < 4.78 is 4.65. The maximum absolute atomic E-state index is 11.6. The van der Waals surface area contributed by atoms with E-state index in [0.29, 0.717) is 6.42 Å². The van der Waals surface area contributed by atoms with Gasteiger partial charge in [0, 0.05) is 31.3 Å². The third-order valence-electron chi connectivity index (χ3n) is 2.84. The number of pyridine rings is 1. The van der Waals surface area contributed by atoms with Gasteiger partial charge in [0.2, 0.25) is 0 Å². The van der Waals surface area contributed by atoms with Gasteiger partial charge in [-0.15, -0.1) is 0 Å². The largest absolute Gasteiger partial charge is 0.468 e. The number of nitrogens with zero attached hydrogens (tertiary/aromatic N) is 1. The second kappa shape index (κ2) is 5.05. The number of carbonyl (C=O) groups is 2. The van der Waals surface area contributed by atoms with E-state index in [1.807, 2.05) is 12.1 Å². The molecule has 1 saturated heterocycles. The predicted octanol–water partition coefficient (Wildman–Crippen LogP) is 0.617. The van der Waals surface area contributed by atoms with Crippen molar-refractivity contribution < 1.29 is 14.3 Å². The molecule has 0 aromatic carbocycles. The Bertz CT molecular complexity index is 419. The highest BCUT2D eigenvalue weighted by atomic mass is 16.5. The molecule has 1 aromatic rings. The predicted molar refractivity (Wildman–Crippen MR) is 60.2 cm³/mol. The third-order valence-corrected chi connectivity index (χ3v) is 2.84. The molecule has 17 heavy (non-hydrogen) atoms. The van der Waals surface area contributed by atoms with E-state index in [4.69, 9.17) is 0 Å². The highest BCUT2D eigenvalue weighted by Crippen LogP contribution is 2.23. The number of esters is 1. The van der Waals surface area contributed by atoms with Crippen molar-refractivity contribution in [3.05, 3.63) is 30.1 Å². The molecule has 5 heteroatoms. The minimum atomic E-state index is -0.550. The second-order valence-electron chi connectivity index (χ2n) is 4.03. The zero-order valence-corrected chi connectivity index (χ0v) is 9.55. The summed E-state index contributed by atoms with van der Waals surface area (Å²) in [5.74, 6) is -0.333. The van der Waals surface area contributed by atoms with Crippen molar-refractivity contribution in [2.24, 2.45) is 0 Å². The number of piperidine rings is 1. The number of rotatable bonds is 2. The van der Waals surface area contributed by atoms with Crippen LogP contribution >= 0.6 is 0 Å². The van der Waals surface area contributed by atoms with Crippen LogP contribution in [0.1, 0.15) is 24.4 Å². The number of Topliss-reactive ketones (excluding diaryl/α,β-unsaturated/α-hetero) is 1. The number of carbonyl (C=O) groups excluding carboxylic acids is 2. The van der Waals surface area contributed by atoms with Crippen LogP contribution < -0.4 is 5.32 Å². The average Bonchev–Trinajstić information content (AvgIpc) is 2.38. The lowest BCUT2D eigenvalue weighted by atomic mass is 9.93. The van der Waals surface area contributed by atoms with E-state index in [9.17, 15) is 9.59 Å². The molecule has 0 unspecified atom stereocenters. The quantitative estimate of drug-likeness (QED) is 0.760. The van der Waals surface area contributed by atoms with Crippen molar-refractivity contribution in [2.75, 3.05) is 7.11 Å². The third kappa shape index (κ3) is 2.68. The minimum absolute atomic E-state index is 0.0630. The van der Waals surface area contributed by atoms with E-state index in [1.165, 1.54) is 7.11 Å². The van der Waals surface area contributed by atoms with Gasteiger partial charge in [-0.05, 0) is 11.6 Å². The molecule has 5 nitrogen and oxygen atoms in total. The molecule has 2 heterocycles. The lowest BCUT2D eigenvalue weighted by molar-refractivity contribution is -0.146. The number of aromatic nitrogens is 1. The smallest absolute Gasteiger partial charge is 0.323 e. The van der Waals surface area contributed by atoms with Crippen molar-refractivity contribution in [2.45, 2.75) is 24.9 Å². The average molecular weight is 234 g/mol. The number of hydrogen-bond acceptors (Lipinski definition) is 5. The number of nitrogens with one attached hydrogen (secondary N) is 1. The summed E-state index contributed by atoms with van der Waals surface area (Å²) in [6, 6.07) is 2.99. The fourth-order valence-corrected chi connectivity index (χ4v) is 1.99. The molecule has 1 N–H and O–H groups in total. The van der Waals surface area contributed by atoms with E-state index in [1.54, 1.807) is 12.4 Å². The number of ketones is 1. The van der Waals surface area contributed by atoms with E-state index in [-0.39, 0.29) is 18.2 Å². The fraction of sp³-hybridized carbons (Fsp3) is 0.417. The topological polar surface area (TPSA) is 68.3 Å². The molecule has 2 rings (SSSR count). The molecule has 90 valence electrons. The van der Waals surface area contributed by atoms with Crippen LogP contribution in [-0.2, 0) is 14.3 Å². The lowest BCUT2D eigenvalue weighted by Gasteiger charge is -2.28. The SMILES string of the molecule is COC(=O)[C@@H]1CC(=O)C[C@H](c2cccnc2)N1. The van der Waals surface area contributed by atoms with Gasteiger partial charge < -0.3 is 4.74 Å². The first-order valence-corrected chi connectivity index (χ1v) is 5.46. The maximum Gasteiger partial charge on any atom is 0.323 e. The Morgan fingerprint density at radius 3 is 3.00 bits per heavy atom. The molecular weight excluding hydrogens is 220 g/mol. The monoisotopic (exact) mass is 234 g/mol. The van der Waals surface area contributed by atoms with Crippen LogP contribution in [0.4, 0.5) is 0 Å². The van der Waals surface area contributed by atoms with Crippen molar-refractivity contribution in [3.63, 3.8) is 0 Å². The van der Waals surface area contributed by atoms with Gasteiger partial charge in [0.15, 0.2) is 0 Å². The molecule has 0 saturated carbocycles. The first kappa shape index (κ1) is 11.7. The molecule has 2 atom stereocenters. The summed E-state index contributed by atoms with van der Waals surface area (Å²) in [5, 5.41) is 3.12. The van der Waals surface area contributed by atoms with Gasteiger partial charge in [0.1, 0.15) is 11.8 Å². The van der Waals surface area contributed by atoms with Crippen LogP contribution in [0.15, 0.2) is 24.5 Å². The van der Waals surface area contributed by atoms with Crippen molar-refractivity contribution in [3.8, 4) is 0 Å². The van der Waals surface area contributed by atoms with Gasteiger partial charge in [-0.3, -0.25) is 19.9 Å². The van der Waals surface area contributed by atoms with Crippen LogP contribution in [0.2, 0.25) is 0 Å². The van der Waals surface area contributed by atoms with Crippen LogP contribution in [0.5, 0.6) is 0 Å². The zero-order chi connectivity index (χ0) is 12.3. The Morgan fingerprint density at radius 2 is 2.35 bits per heavy atom.